The SMILES string of the molecule is C.C.C#Cc1cncc(N2CCOCC2)c1.Cc1ccc(C(=O)O)cc1-n1cc(-c2cncc(N3CCOCC3)c2)nn1.Fc1cncc(Br)c1. The van der Waals surface area contributed by atoms with Crippen molar-refractivity contribution in [3.05, 3.63) is 107 Å². The second-order valence-electron chi connectivity index (χ2n) is 10.9. The van der Waals surface area contributed by atoms with Crippen molar-refractivity contribution in [1.82, 2.24) is 29.9 Å². The molecule has 2 aliphatic heterocycles. The van der Waals surface area contributed by atoms with Gasteiger partial charge in [0.15, 0.2) is 0 Å². The van der Waals surface area contributed by atoms with Gasteiger partial charge in [-0.05, 0) is 58.7 Å². The summed E-state index contributed by atoms with van der Waals surface area (Å²) in [5, 5.41) is 17.6. The van der Waals surface area contributed by atoms with Gasteiger partial charge in [-0.1, -0.05) is 32.1 Å². The Balaban J connectivity index is 0.000000244. The Kier molecular flexibility index (Phi) is 15.6. The standard InChI is InChI=1S/C19H19N5O3.C11H12N2O.C5H3BrFN.2CH4/c1-13-2-3-14(19(25)26)9-18(13)24-12-17(21-22-24)15-8-16(11-20-10-15)23-4-6-27-7-5-23;1-2-10-7-11(9-12-8-10)13-3-5-14-6-4-13;6-4-1-5(7)3-8-2-4;;/h2-3,8-12H,4-7H2,1H3,(H,25,26);1,7-9H,3-6H2;1-3H;2*1H4. The number of terminal acetylenes is 1. The molecule has 0 radical (unpaired) electrons. The number of halogens is 2. The van der Waals surface area contributed by atoms with Gasteiger partial charge < -0.3 is 24.4 Å². The predicted octanol–water partition coefficient (Wildman–Crippen LogP) is 6.33. The lowest BCUT2D eigenvalue weighted by molar-refractivity contribution is 0.0696. The van der Waals surface area contributed by atoms with E-state index < -0.39 is 5.97 Å². The van der Waals surface area contributed by atoms with Gasteiger partial charge in [0, 0.05) is 60.4 Å². The quantitative estimate of drug-likeness (QED) is 0.202. The number of hydrogen-bond acceptors (Lipinski definition) is 10. The van der Waals surface area contributed by atoms with E-state index in [0.717, 1.165) is 73.7 Å². The molecule has 51 heavy (non-hydrogen) atoms. The second-order valence-corrected chi connectivity index (χ2v) is 11.8. The molecule has 0 saturated carbocycles. The molecule has 12 nitrogen and oxygen atoms in total. The molecular formula is C37H42BrFN8O4. The van der Waals surface area contributed by atoms with Crippen molar-refractivity contribution in [1.29, 1.82) is 0 Å². The van der Waals surface area contributed by atoms with Crippen molar-refractivity contribution in [3.63, 3.8) is 0 Å². The van der Waals surface area contributed by atoms with E-state index in [2.05, 4.69) is 56.9 Å². The number of carboxylic acids is 1. The summed E-state index contributed by atoms with van der Waals surface area (Å²) in [4.78, 5) is 27.7. The normalized spacial score (nSPS) is 13.5. The van der Waals surface area contributed by atoms with E-state index in [4.69, 9.17) is 15.9 Å². The van der Waals surface area contributed by atoms with Crippen molar-refractivity contribution in [2.45, 2.75) is 21.8 Å². The maximum absolute atomic E-state index is 12.1. The van der Waals surface area contributed by atoms with E-state index in [1.54, 1.807) is 41.5 Å². The van der Waals surface area contributed by atoms with E-state index in [0.29, 0.717) is 29.1 Å². The molecule has 2 aliphatic rings. The van der Waals surface area contributed by atoms with Crippen LogP contribution in [0.25, 0.3) is 16.9 Å². The zero-order chi connectivity index (χ0) is 34.6. The molecule has 2 saturated heterocycles. The number of benzene rings is 1. The first-order valence-electron chi connectivity index (χ1n) is 15.4. The molecule has 268 valence electrons. The van der Waals surface area contributed by atoms with Gasteiger partial charge in [-0.2, -0.15) is 0 Å². The molecule has 0 aliphatic carbocycles. The molecule has 4 aromatic heterocycles. The number of carboxylic acid groups (broad SMARTS) is 1. The highest BCUT2D eigenvalue weighted by molar-refractivity contribution is 9.10. The smallest absolute Gasteiger partial charge is 0.335 e. The lowest BCUT2D eigenvalue weighted by Gasteiger charge is -2.28. The topological polar surface area (TPSA) is 132 Å². The lowest BCUT2D eigenvalue weighted by Crippen LogP contribution is -2.36. The third kappa shape index (κ3) is 11.4. The number of aryl methyl sites for hydroxylation is 1. The molecule has 1 aromatic carbocycles. The average molecular weight is 762 g/mol. The molecule has 0 bridgehead atoms. The summed E-state index contributed by atoms with van der Waals surface area (Å²) >= 11 is 3.06. The number of carbonyl (C=O) groups is 1. The van der Waals surface area contributed by atoms with Gasteiger partial charge in [0.25, 0.3) is 0 Å². The minimum atomic E-state index is -0.973. The number of hydrogen-bond donors (Lipinski definition) is 1. The first kappa shape index (κ1) is 40.2. The Hall–Kier alpha value is -5.23. The summed E-state index contributed by atoms with van der Waals surface area (Å²) in [6.07, 6.45) is 16.9. The molecule has 0 spiro atoms. The van der Waals surface area contributed by atoms with Crippen molar-refractivity contribution in [2.75, 3.05) is 62.4 Å². The number of rotatable bonds is 5. The van der Waals surface area contributed by atoms with Gasteiger partial charge in [-0.25, -0.2) is 13.9 Å². The number of pyridine rings is 3. The Labute approximate surface area is 306 Å². The van der Waals surface area contributed by atoms with Crippen LogP contribution in [0.4, 0.5) is 15.8 Å². The monoisotopic (exact) mass is 760 g/mol. The predicted molar refractivity (Wildman–Crippen MR) is 200 cm³/mol. The third-order valence-electron chi connectivity index (χ3n) is 7.53. The number of ether oxygens (including phenoxy) is 2. The van der Waals surface area contributed by atoms with Crippen LogP contribution in [0.15, 0.2) is 84.2 Å². The van der Waals surface area contributed by atoms with E-state index in [-0.39, 0.29) is 26.2 Å². The largest absolute Gasteiger partial charge is 0.478 e. The van der Waals surface area contributed by atoms with E-state index in [1.807, 2.05) is 31.5 Å². The molecule has 7 rings (SSSR count). The Morgan fingerprint density at radius 1 is 0.863 bits per heavy atom. The summed E-state index contributed by atoms with van der Waals surface area (Å²) in [7, 11) is 0. The summed E-state index contributed by atoms with van der Waals surface area (Å²) in [6.45, 7) is 8.37. The average Bonchev–Trinajstić information content (AvgIpc) is 3.63. The van der Waals surface area contributed by atoms with Crippen LogP contribution >= 0.6 is 15.9 Å². The second kappa shape index (κ2) is 19.8. The summed E-state index contributed by atoms with van der Waals surface area (Å²) in [5.74, 6) is 1.29. The van der Waals surface area contributed by atoms with Crippen LogP contribution in [0.2, 0.25) is 0 Å². The zero-order valence-corrected chi connectivity index (χ0v) is 28.3. The Bertz CT molecular complexity index is 1890. The van der Waals surface area contributed by atoms with Gasteiger partial charge in [-0.15, -0.1) is 11.5 Å². The Morgan fingerprint density at radius 2 is 1.47 bits per heavy atom. The fraction of sp³-hybridized carbons (Fsp3) is 0.297. The molecule has 2 fully saturated rings. The van der Waals surface area contributed by atoms with E-state index >= 15 is 0 Å². The van der Waals surface area contributed by atoms with Crippen LogP contribution in [-0.4, -0.2) is 93.6 Å². The minimum absolute atomic E-state index is 0. The maximum atomic E-state index is 12.1. The van der Waals surface area contributed by atoms with Gasteiger partial charge in [0.1, 0.15) is 11.5 Å². The fourth-order valence-electron chi connectivity index (χ4n) is 4.95. The van der Waals surface area contributed by atoms with Crippen LogP contribution in [0, 0.1) is 25.1 Å². The first-order chi connectivity index (χ1) is 23.8. The highest BCUT2D eigenvalue weighted by Crippen LogP contribution is 2.24. The molecule has 0 atom stereocenters. The third-order valence-corrected chi connectivity index (χ3v) is 7.96. The minimum Gasteiger partial charge on any atom is -0.478 e. The van der Waals surface area contributed by atoms with Crippen LogP contribution in [0.3, 0.4) is 0 Å². The van der Waals surface area contributed by atoms with Crippen LogP contribution in [-0.2, 0) is 9.47 Å². The molecule has 0 amide bonds. The molecule has 6 heterocycles. The van der Waals surface area contributed by atoms with Gasteiger partial charge in [0.05, 0.1) is 73.8 Å². The highest BCUT2D eigenvalue weighted by atomic mass is 79.9. The molecule has 5 aromatic rings. The van der Waals surface area contributed by atoms with Crippen LogP contribution in [0.1, 0.15) is 36.3 Å². The molecule has 1 N–H and O–H groups in total. The van der Waals surface area contributed by atoms with Crippen molar-refractivity contribution < 1.29 is 23.8 Å². The fourth-order valence-corrected chi connectivity index (χ4v) is 5.29. The van der Waals surface area contributed by atoms with E-state index in [1.165, 1.54) is 12.3 Å². The van der Waals surface area contributed by atoms with Crippen molar-refractivity contribution in [2.24, 2.45) is 0 Å². The summed E-state index contributed by atoms with van der Waals surface area (Å²) < 4.78 is 25.0. The number of anilines is 2. The number of aromatic carboxylic acids is 1. The molecule has 0 unspecified atom stereocenters. The molecule has 14 heteroatoms. The highest BCUT2D eigenvalue weighted by Gasteiger charge is 2.15. The number of aromatic nitrogens is 6. The van der Waals surface area contributed by atoms with Gasteiger partial charge >= 0.3 is 5.97 Å². The summed E-state index contributed by atoms with van der Waals surface area (Å²) in [6, 6.07) is 10.3. The number of morpholine rings is 2. The van der Waals surface area contributed by atoms with E-state index in [9.17, 15) is 14.3 Å². The van der Waals surface area contributed by atoms with Gasteiger partial charge in [-0.3, -0.25) is 15.0 Å². The number of nitrogens with zero attached hydrogens (tertiary/aromatic N) is 8. The van der Waals surface area contributed by atoms with Crippen LogP contribution < -0.4 is 9.80 Å². The van der Waals surface area contributed by atoms with Crippen LogP contribution in [0.5, 0.6) is 0 Å². The molecular weight excluding hydrogens is 719 g/mol. The Morgan fingerprint density at radius 3 is 2.04 bits per heavy atom. The van der Waals surface area contributed by atoms with Crippen molar-refractivity contribution in [3.8, 4) is 29.3 Å². The zero-order valence-electron chi connectivity index (χ0n) is 26.7. The lowest BCUT2D eigenvalue weighted by atomic mass is 10.1. The van der Waals surface area contributed by atoms with Gasteiger partial charge in [0.2, 0.25) is 0 Å². The van der Waals surface area contributed by atoms with Crippen molar-refractivity contribution >= 4 is 33.3 Å². The first-order valence-corrected chi connectivity index (χ1v) is 16.1. The summed E-state index contributed by atoms with van der Waals surface area (Å²) in [5.41, 5.74) is 6.29. The maximum Gasteiger partial charge on any atom is 0.335 e.